The molecule has 3 aromatic rings. The molecule has 140 valence electrons. The van der Waals surface area contributed by atoms with Gasteiger partial charge in [0.25, 0.3) is 0 Å². The summed E-state index contributed by atoms with van der Waals surface area (Å²) < 4.78 is 10.9. The first kappa shape index (κ1) is 18.9. The normalized spacial score (nSPS) is 10.0. The summed E-state index contributed by atoms with van der Waals surface area (Å²) in [4.78, 5) is 15.8. The number of anilines is 1. The largest absolute Gasteiger partial charge is 0.497 e. The highest BCUT2D eigenvalue weighted by Crippen LogP contribution is 2.24. The molecular formula is C22H19N3O3. The number of nitrogens with one attached hydrogen (secondary N) is 1. The molecule has 2 aromatic carbocycles. The lowest BCUT2D eigenvalue weighted by atomic mass is 10.1. The summed E-state index contributed by atoms with van der Waals surface area (Å²) in [7, 11) is 1.61. The van der Waals surface area contributed by atoms with Crippen LogP contribution < -0.4 is 14.8 Å². The number of rotatable bonds is 7. The summed E-state index contributed by atoms with van der Waals surface area (Å²) in [6.45, 7) is 1.95. The Kier molecular flexibility index (Phi) is 5.87. The predicted octanol–water partition coefficient (Wildman–Crippen LogP) is 4.57. The highest BCUT2D eigenvalue weighted by Gasteiger charge is 2.07. The third kappa shape index (κ3) is 4.65. The Morgan fingerprint density at radius 2 is 1.86 bits per heavy atom. The van der Waals surface area contributed by atoms with Gasteiger partial charge in [0.05, 0.1) is 18.4 Å². The van der Waals surface area contributed by atoms with Crippen LogP contribution in [0.3, 0.4) is 0 Å². The molecule has 1 heterocycles. The molecule has 6 heteroatoms. The van der Waals surface area contributed by atoms with Crippen molar-refractivity contribution in [2.24, 2.45) is 0 Å². The van der Waals surface area contributed by atoms with E-state index < -0.39 is 0 Å². The summed E-state index contributed by atoms with van der Waals surface area (Å²) in [5.41, 5.74) is 2.58. The van der Waals surface area contributed by atoms with Gasteiger partial charge in [0.1, 0.15) is 17.6 Å². The van der Waals surface area contributed by atoms with Crippen molar-refractivity contribution in [1.82, 2.24) is 4.98 Å². The summed E-state index contributed by atoms with van der Waals surface area (Å²) in [5.74, 6) is 1.81. The first-order chi connectivity index (χ1) is 13.6. The van der Waals surface area contributed by atoms with Gasteiger partial charge in [-0.25, -0.2) is 4.98 Å². The molecule has 1 N–H and O–H groups in total. The molecule has 6 nitrogen and oxygen atoms in total. The fraction of sp³-hybridized carbons (Fsp3) is 0.136. The van der Waals surface area contributed by atoms with Crippen LogP contribution in [0.25, 0.3) is 0 Å². The van der Waals surface area contributed by atoms with Crippen molar-refractivity contribution in [3.8, 4) is 23.4 Å². The number of carbonyl (C=O) groups is 1. The zero-order chi connectivity index (χ0) is 19.9. The minimum absolute atomic E-state index is 0.0494. The van der Waals surface area contributed by atoms with Gasteiger partial charge in [-0.15, -0.1) is 0 Å². The minimum atomic E-state index is -0.0494. The van der Waals surface area contributed by atoms with Crippen molar-refractivity contribution in [2.45, 2.75) is 13.5 Å². The standard InChI is InChI=1S/C22H19N3O3/c1-15(26)17-3-4-18(13-23)21(12-17)25-14-16-9-10-24-22(11-16)28-20-7-5-19(27-2)6-8-20/h3-12,25H,14H2,1-2H3. The monoisotopic (exact) mass is 373 g/mol. The molecule has 3 rings (SSSR count). The van der Waals surface area contributed by atoms with E-state index in [2.05, 4.69) is 16.4 Å². The highest BCUT2D eigenvalue weighted by atomic mass is 16.5. The second kappa shape index (κ2) is 8.69. The topological polar surface area (TPSA) is 84.2 Å². The number of methoxy groups -OCH3 is 1. The summed E-state index contributed by atoms with van der Waals surface area (Å²) >= 11 is 0. The number of Topliss-reactive ketones (excluding diaryl/α,β-unsaturated/α-hetero) is 1. The van der Waals surface area contributed by atoms with Crippen LogP contribution in [0.15, 0.2) is 60.8 Å². The van der Waals surface area contributed by atoms with E-state index >= 15 is 0 Å². The van der Waals surface area contributed by atoms with E-state index in [1.165, 1.54) is 6.92 Å². The quantitative estimate of drug-likeness (QED) is 0.611. The van der Waals surface area contributed by atoms with E-state index in [0.717, 1.165) is 11.3 Å². The number of aromatic nitrogens is 1. The van der Waals surface area contributed by atoms with Crippen molar-refractivity contribution >= 4 is 11.5 Å². The zero-order valence-corrected chi connectivity index (χ0v) is 15.6. The molecule has 0 aliphatic carbocycles. The molecule has 0 amide bonds. The molecule has 28 heavy (non-hydrogen) atoms. The van der Waals surface area contributed by atoms with Crippen molar-refractivity contribution in [3.05, 3.63) is 77.5 Å². The Morgan fingerprint density at radius 1 is 1.11 bits per heavy atom. The van der Waals surface area contributed by atoms with Gasteiger partial charge in [0.2, 0.25) is 5.88 Å². The van der Waals surface area contributed by atoms with Gasteiger partial charge in [-0.3, -0.25) is 4.79 Å². The van der Waals surface area contributed by atoms with Crippen molar-refractivity contribution in [2.75, 3.05) is 12.4 Å². The number of hydrogen-bond donors (Lipinski definition) is 1. The predicted molar refractivity (Wildman–Crippen MR) is 106 cm³/mol. The van der Waals surface area contributed by atoms with Crippen LogP contribution in [-0.2, 0) is 6.54 Å². The van der Waals surface area contributed by atoms with Gasteiger partial charge >= 0.3 is 0 Å². The maximum Gasteiger partial charge on any atom is 0.219 e. The number of benzene rings is 2. The highest BCUT2D eigenvalue weighted by molar-refractivity contribution is 5.95. The average molecular weight is 373 g/mol. The molecule has 0 aliphatic rings. The molecule has 0 unspecified atom stereocenters. The number of nitriles is 1. The van der Waals surface area contributed by atoms with Crippen molar-refractivity contribution < 1.29 is 14.3 Å². The van der Waals surface area contributed by atoms with Gasteiger partial charge in [-0.2, -0.15) is 5.26 Å². The number of carbonyl (C=O) groups excluding carboxylic acids is 1. The van der Waals surface area contributed by atoms with Crippen LogP contribution in [-0.4, -0.2) is 17.9 Å². The third-order valence-electron chi connectivity index (χ3n) is 4.11. The minimum Gasteiger partial charge on any atom is -0.497 e. The number of pyridine rings is 1. The molecule has 0 bridgehead atoms. The van der Waals surface area contributed by atoms with Gasteiger partial charge in [-0.05, 0) is 61.0 Å². The Hall–Kier alpha value is -3.85. The Morgan fingerprint density at radius 3 is 2.54 bits per heavy atom. The first-order valence-corrected chi connectivity index (χ1v) is 8.65. The average Bonchev–Trinajstić information content (AvgIpc) is 2.73. The molecule has 0 saturated carbocycles. The lowest BCUT2D eigenvalue weighted by molar-refractivity contribution is 0.101. The van der Waals surface area contributed by atoms with Crippen LogP contribution >= 0.6 is 0 Å². The van der Waals surface area contributed by atoms with Crippen LogP contribution in [0.4, 0.5) is 5.69 Å². The van der Waals surface area contributed by atoms with E-state index in [-0.39, 0.29) is 5.78 Å². The maximum absolute atomic E-state index is 11.6. The Balaban J connectivity index is 1.72. The molecular weight excluding hydrogens is 354 g/mol. The number of ether oxygens (including phenoxy) is 2. The van der Waals surface area contributed by atoms with Crippen LogP contribution in [0.1, 0.15) is 28.4 Å². The van der Waals surface area contributed by atoms with Crippen LogP contribution in [0.2, 0.25) is 0 Å². The maximum atomic E-state index is 11.6. The lowest BCUT2D eigenvalue weighted by Crippen LogP contribution is -2.04. The fourth-order valence-corrected chi connectivity index (χ4v) is 2.59. The smallest absolute Gasteiger partial charge is 0.219 e. The van der Waals surface area contributed by atoms with E-state index in [4.69, 9.17) is 9.47 Å². The van der Waals surface area contributed by atoms with Crippen molar-refractivity contribution in [1.29, 1.82) is 5.26 Å². The first-order valence-electron chi connectivity index (χ1n) is 8.65. The number of hydrogen-bond acceptors (Lipinski definition) is 6. The molecule has 0 fully saturated rings. The lowest BCUT2D eigenvalue weighted by Gasteiger charge is -2.11. The van der Waals surface area contributed by atoms with E-state index in [1.54, 1.807) is 43.6 Å². The molecule has 0 aliphatic heterocycles. The van der Waals surface area contributed by atoms with Gasteiger partial charge in [0, 0.05) is 24.4 Å². The van der Waals surface area contributed by atoms with Crippen LogP contribution in [0.5, 0.6) is 17.4 Å². The summed E-state index contributed by atoms with van der Waals surface area (Å²) in [6.07, 6.45) is 1.66. The van der Waals surface area contributed by atoms with E-state index in [1.807, 2.05) is 24.3 Å². The van der Waals surface area contributed by atoms with Gasteiger partial charge in [0.15, 0.2) is 5.78 Å². The molecule has 0 saturated heterocycles. The molecule has 0 atom stereocenters. The van der Waals surface area contributed by atoms with E-state index in [0.29, 0.717) is 35.0 Å². The third-order valence-corrected chi connectivity index (χ3v) is 4.11. The molecule has 0 spiro atoms. The van der Waals surface area contributed by atoms with Crippen LogP contribution in [0, 0.1) is 11.3 Å². The second-order valence-electron chi connectivity index (χ2n) is 6.06. The van der Waals surface area contributed by atoms with Gasteiger partial charge in [-0.1, -0.05) is 0 Å². The fourth-order valence-electron chi connectivity index (χ4n) is 2.59. The van der Waals surface area contributed by atoms with Crippen molar-refractivity contribution in [3.63, 3.8) is 0 Å². The van der Waals surface area contributed by atoms with Gasteiger partial charge < -0.3 is 14.8 Å². The molecule has 1 aromatic heterocycles. The summed E-state index contributed by atoms with van der Waals surface area (Å²) in [6, 6.07) is 18.0. The number of nitrogens with zero attached hydrogens (tertiary/aromatic N) is 2. The Bertz CT molecular complexity index is 1020. The Labute approximate surface area is 163 Å². The summed E-state index contributed by atoms with van der Waals surface area (Å²) in [5, 5.41) is 12.5. The number of ketones is 1. The SMILES string of the molecule is COc1ccc(Oc2cc(CNc3cc(C(C)=O)ccc3C#N)ccn2)cc1. The zero-order valence-electron chi connectivity index (χ0n) is 15.6. The second-order valence-corrected chi connectivity index (χ2v) is 6.06. The molecule has 0 radical (unpaired) electrons. The van der Waals surface area contributed by atoms with E-state index in [9.17, 15) is 10.1 Å².